The van der Waals surface area contributed by atoms with Crippen LogP contribution in [0.4, 0.5) is 18.9 Å². The van der Waals surface area contributed by atoms with Gasteiger partial charge in [0.1, 0.15) is 11.6 Å². The number of carbonyl (C=O) groups excluding carboxylic acids is 1. The second-order valence-electron chi connectivity index (χ2n) is 6.76. The van der Waals surface area contributed by atoms with E-state index in [-0.39, 0.29) is 0 Å². The van der Waals surface area contributed by atoms with Crippen molar-refractivity contribution in [2.24, 2.45) is 0 Å². The molecule has 0 aliphatic heterocycles. The fourth-order valence-electron chi connectivity index (χ4n) is 3.45. The number of aromatic nitrogens is 1. The Labute approximate surface area is 168 Å². The van der Waals surface area contributed by atoms with Gasteiger partial charge in [-0.1, -0.05) is 41.9 Å². The summed E-state index contributed by atoms with van der Waals surface area (Å²) in [6.45, 7) is -0.584. The lowest BCUT2D eigenvalue weighted by Gasteiger charge is -2.12. The van der Waals surface area contributed by atoms with Crippen molar-refractivity contribution in [2.75, 3.05) is 5.32 Å². The molecule has 1 N–H and O–H groups in total. The van der Waals surface area contributed by atoms with Crippen LogP contribution in [0.5, 0.6) is 0 Å². The fraction of sp³-hybridized carbons (Fsp3) is 0.143. The predicted molar refractivity (Wildman–Crippen MR) is 104 cm³/mol. The molecule has 4 nitrogen and oxygen atoms in total. The van der Waals surface area contributed by atoms with Crippen LogP contribution < -0.4 is 10.9 Å². The van der Waals surface area contributed by atoms with Crippen LogP contribution in [0.15, 0.2) is 59.5 Å². The molecular formula is C21H14ClF3N2O2. The molecule has 0 fully saturated rings. The Morgan fingerprint density at radius 2 is 1.79 bits per heavy atom. The SMILES string of the molecule is O=C(Cn1cc(C(F)(F)F)cc(Cl)c1=O)Nc1ccc2c(c1)Cc1ccccc1-2. The molecule has 29 heavy (non-hydrogen) atoms. The summed E-state index contributed by atoms with van der Waals surface area (Å²) in [6.07, 6.45) is -3.35. The molecule has 1 aliphatic rings. The second-order valence-corrected chi connectivity index (χ2v) is 7.17. The number of carbonyl (C=O) groups is 1. The smallest absolute Gasteiger partial charge is 0.325 e. The molecule has 8 heteroatoms. The van der Waals surface area contributed by atoms with Gasteiger partial charge in [-0.2, -0.15) is 13.2 Å². The van der Waals surface area contributed by atoms with Gasteiger partial charge in [0, 0.05) is 11.9 Å². The summed E-state index contributed by atoms with van der Waals surface area (Å²) in [5, 5.41) is 2.03. The molecule has 0 unspecified atom stereocenters. The van der Waals surface area contributed by atoms with Crippen molar-refractivity contribution >= 4 is 23.2 Å². The van der Waals surface area contributed by atoms with E-state index in [0.717, 1.165) is 23.1 Å². The summed E-state index contributed by atoms with van der Waals surface area (Å²) >= 11 is 5.61. The Bertz CT molecular complexity index is 1190. The van der Waals surface area contributed by atoms with Crippen molar-refractivity contribution in [1.29, 1.82) is 0 Å². The standard InChI is InChI=1S/C21H14ClF3N2O2/c22-18-9-14(21(23,24)25)10-27(20(18)29)11-19(28)26-15-5-6-17-13(8-15)7-12-3-1-2-4-16(12)17/h1-6,8-10H,7,11H2,(H,26,28). The fourth-order valence-corrected chi connectivity index (χ4v) is 3.68. The number of hydrogen-bond acceptors (Lipinski definition) is 2. The van der Waals surface area contributed by atoms with Crippen LogP contribution in [-0.4, -0.2) is 10.5 Å². The van der Waals surface area contributed by atoms with Crippen LogP contribution in [0, 0.1) is 0 Å². The minimum Gasteiger partial charge on any atom is -0.325 e. The lowest BCUT2D eigenvalue weighted by molar-refractivity contribution is -0.138. The first-order chi connectivity index (χ1) is 13.7. The first-order valence-electron chi connectivity index (χ1n) is 8.70. The van der Waals surface area contributed by atoms with Crippen LogP contribution in [0.25, 0.3) is 11.1 Å². The third-order valence-electron chi connectivity index (χ3n) is 4.76. The zero-order valence-electron chi connectivity index (χ0n) is 14.9. The Morgan fingerprint density at radius 1 is 1.07 bits per heavy atom. The molecule has 1 heterocycles. The van der Waals surface area contributed by atoms with E-state index < -0.39 is 34.8 Å². The lowest BCUT2D eigenvalue weighted by atomic mass is 10.1. The molecule has 0 atom stereocenters. The van der Waals surface area contributed by atoms with E-state index >= 15 is 0 Å². The summed E-state index contributed by atoms with van der Waals surface area (Å²) in [4.78, 5) is 24.3. The second kappa shape index (κ2) is 7.08. The third kappa shape index (κ3) is 3.78. The van der Waals surface area contributed by atoms with Gasteiger partial charge in [0.15, 0.2) is 0 Å². The number of nitrogens with zero attached hydrogens (tertiary/aromatic N) is 1. The predicted octanol–water partition coefficient (Wildman–Crippen LogP) is 4.73. The number of alkyl halides is 3. The molecule has 1 aromatic heterocycles. The van der Waals surface area contributed by atoms with Crippen molar-refractivity contribution in [3.8, 4) is 11.1 Å². The molecule has 3 aromatic rings. The number of halogens is 4. The van der Waals surface area contributed by atoms with E-state index in [1.807, 2.05) is 36.4 Å². The minimum absolute atomic E-state index is 0.507. The summed E-state index contributed by atoms with van der Waals surface area (Å²) in [7, 11) is 0. The van der Waals surface area contributed by atoms with E-state index in [2.05, 4.69) is 5.32 Å². The van der Waals surface area contributed by atoms with Crippen LogP contribution >= 0.6 is 11.6 Å². The Balaban J connectivity index is 1.54. The van der Waals surface area contributed by atoms with Gasteiger partial charge in [0.05, 0.1) is 5.56 Å². The molecule has 148 valence electrons. The van der Waals surface area contributed by atoms with E-state index in [0.29, 0.717) is 22.5 Å². The highest BCUT2D eigenvalue weighted by Gasteiger charge is 2.32. The van der Waals surface area contributed by atoms with Gasteiger partial charge < -0.3 is 9.88 Å². The molecule has 1 amide bonds. The van der Waals surface area contributed by atoms with Gasteiger partial charge in [-0.3, -0.25) is 9.59 Å². The van der Waals surface area contributed by atoms with E-state index in [1.54, 1.807) is 6.07 Å². The molecule has 1 aliphatic carbocycles. The molecule has 0 radical (unpaired) electrons. The van der Waals surface area contributed by atoms with Gasteiger partial charge in [0.2, 0.25) is 5.91 Å². The molecule has 4 rings (SSSR count). The van der Waals surface area contributed by atoms with Gasteiger partial charge in [-0.25, -0.2) is 0 Å². The summed E-state index contributed by atoms with van der Waals surface area (Å²) in [5.74, 6) is -0.627. The largest absolute Gasteiger partial charge is 0.417 e. The van der Waals surface area contributed by atoms with Crippen molar-refractivity contribution in [3.05, 3.63) is 86.8 Å². The van der Waals surface area contributed by atoms with Crippen LogP contribution in [0.1, 0.15) is 16.7 Å². The highest BCUT2D eigenvalue weighted by atomic mass is 35.5. The average Bonchev–Trinajstić information content (AvgIpc) is 3.02. The Morgan fingerprint density at radius 3 is 2.55 bits per heavy atom. The van der Waals surface area contributed by atoms with Gasteiger partial charge in [-0.05, 0) is 46.9 Å². The van der Waals surface area contributed by atoms with Gasteiger partial charge in [0.25, 0.3) is 5.56 Å². The van der Waals surface area contributed by atoms with Gasteiger partial charge in [-0.15, -0.1) is 0 Å². The number of rotatable bonds is 3. The van der Waals surface area contributed by atoms with Crippen molar-refractivity contribution < 1.29 is 18.0 Å². The average molecular weight is 419 g/mol. The highest BCUT2D eigenvalue weighted by Crippen LogP contribution is 2.37. The number of nitrogens with one attached hydrogen (secondary N) is 1. The summed E-state index contributed by atoms with van der Waals surface area (Å²) in [6, 6.07) is 14.0. The number of pyridine rings is 1. The Kier molecular flexibility index (Phi) is 4.70. The normalized spacial score (nSPS) is 12.4. The van der Waals surface area contributed by atoms with Crippen LogP contribution in [0.3, 0.4) is 0 Å². The highest BCUT2D eigenvalue weighted by molar-refractivity contribution is 6.30. The number of hydrogen-bond donors (Lipinski definition) is 1. The van der Waals surface area contributed by atoms with Crippen LogP contribution in [0.2, 0.25) is 5.02 Å². The molecule has 0 spiro atoms. The van der Waals surface area contributed by atoms with Crippen molar-refractivity contribution in [2.45, 2.75) is 19.1 Å². The third-order valence-corrected chi connectivity index (χ3v) is 5.03. The van der Waals surface area contributed by atoms with E-state index in [9.17, 15) is 22.8 Å². The minimum atomic E-state index is -4.68. The van der Waals surface area contributed by atoms with E-state index in [1.165, 1.54) is 5.56 Å². The monoisotopic (exact) mass is 418 g/mol. The number of anilines is 1. The quantitative estimate of drug-likeness (QED) is 0.523. The number of amides is 1. The first kappa shape index (κ1) is 19.3. The molecular weight excluding hydrogens is 405 g/mol. The summed E-state index contributed by atoms with van der Waals surface area (Å²) in [5.41, 5.74) is 3.02. The molecule has 0 saturated heterocycles. The summed E-state index contributed by atoms with van der Waals surface area (Å²) < 4.78 is 39.4. The zero-order valence-corrected chi connectivity index (χ0v) is 15.6. The van der Waals surface area contributed by atoms with Crippen molar-refractivity contribution in [1.82, 2.24) is 4.57 Å². The first-order valence-corrected chi connectivity index (χ1v) is 9.08. The lowest BCUT2D eigenvalue weighted by Crippen LogP contribution is -2.29. The van der Waals surface area contributed by atoms with Gasteiger partial charge >= 0.3 is 6.18 Å². The molecule has 2 aromatic carbocycles. The topological polar surface area (TPSA) is 51.1 Å². The Hall–Kier alpha value is -3.06. The maximum absolute atomic E-state index is 12.9. The molecule has 0 bridgehead atoms. The molecule has 0 saturated carbocycles. The zero-order chi connectivity index (χ0) is 20.8. The number of benzene rings is 2. The maximum Gasteiger partial charge on any atom is 0.417 e. The van der Waals surface area contributed by atoms with Crippen molar-refractivity contribution in [3.63, 3.8) is 0 Å². The maximum atomic E-state index is 12.9. The van der Waals surface area contributed by atoms with E-state index in [4.69, 9.17) is 11.6 Å². The number of fused-ring (bicyclic) bond motifs is 3. The van der Waals surface area contributed by atoms with Crippen LogP contribution in [-0.2, 0) is 23.9 Å².